The molecule has 0 amide bonds. The monoisotopic (exact) mass is 911 g/mol. The van der Waals surface area contributed by atoms with Gasteiger partial charge in [-0.2, -0.15) is 0 Å². The first-order valence-corrected chi connectivity index (χ1v) is 24.6. The maximum Gasteiger partial charge on any atom is 2.00 e. The molecule has 66 heavy (non-hydrogen) atoms. The van der Waals surface area contributed by atoms with Crippen molar-refractivity contribution < 1.29 is 28.7 Å². The predicted molar refractivity (Wildman–Crippen MR) is 265 cm³/mol. The molecule has 0 radical (unpaired) electrons. The van der Waals surface area contributed by atoms with Crippen molar-refractivity contribution in [1.82, 2.24) is 19.9 Å². The fourth-order valence-electron chi connectivity index (χ4n) is 10.6. The van der Waals surface area contributed by atoms with Crippen molar-refractivity contribution in [2.24, 2.45) is 17.8 Å². The van der Waals surface area contributed by atoms with Crippen molar-refractivity contribution in [3.63, 3.8) is 0 Å². The minimum Gasteiger partial charge on any atom is -0.657 e. The van der Waals surface area contributed by atoms with Gasteiger partial charge < -0.3 is 19.4 Å². The molecule has 11 heteroatoms. The third-order valence-corrected chi connectivity index (χ3v) is 14.8. The van der Waals surface area contributed by atoms with Crippen LogP contribution in [-0.4, -0.2) is 70.2 Å². The number of rotatable bonds is 20. The summed E-state index contributed by atoms with van der Waals surface area (Å²) in [7, 11) is 1.28. The SMILES string of the molecule is CC[C@H]1c2cc3[n-]c4c(c3C)C(=O)[C@H](C(=O)OC)c4c3nc(cc4[n-]c(cc(n2)[C@@H]1C)c(C(C)=O)c4C)[C@@H](C)C3CCC(=O)OC/C=C(\C)CCC[C@H](C)CCC[C@H](C)CCCC(C)C.[Mg+2]. The van der Waals surface area contributed by atoms with E-state index in [-0.39, 0.29) is 77.3 Å². The third kappa shape index (κ3) is 11.8. The van der Waals surface area contributed by atoms with Crippen LogP contribution in [0.1, 0.15) is 229 Å². The number of methoxy groups -OCH3 is 1. The summed E-state index contributed by atoms with van der Waals surface area (Å²) in [6.07, 6.45) is 14.5. The Morgan fingerprint density at radius 3 is 2.00 bits per heavy atom. The van der Waals surface area contributed by atoms with Crippen molar-refractivity contribution >= 4 is 68.6 Å². The van der Waals surface area contributed by atoms with E-state index in [4.69, 9.17) is 29.4 Å². The number of esters is 2. The molecule has 0 aromatic carbocycles. The van der Waals surface area contributed by atoms with E-state index in [9.17, 15) is 19.2 Å². The van der Waals surface area contributed by atoms with Gasteiger partial charge in [-0.05, 0) is 82.8 Å². The van der Waals surface area contributed by atoms with Gasteiger partial charge in [-0.3, -0.25) is 29.1 Å². The van der Waals surface area contributed by atoms with Gasteiger partial charge in [0.15, 0.2) is 11.6 Å². The Bertz CT molecular complexity index is 2460. The van der Waals surface area contributed by atoms with Gasteiger partial charge in [0.05, 0.1) is 7.11 Å². The van der Waals surface area contributed by atoms with Crippen molar-refractivity contribution in [1.29, 1.82) is 0 Å². The van der Waals surface area contributed by atoms with E-state index < -0.39 is 11.9 Å². The van der Waals surface area contributed by atoms with E-state index in [1.165, 1.54) is 57.6 Å². The molecule has 0 saturated heterocycles. The number of fused-ring (bicyclic) bond motifs is 8. The average molecular weight is 912 g/mol. The van der Waals surface area contributed by atoms with Crippen LogP contribution in [0.2, 0.25) is 0 Å². The van der Waals surface area contributed by atoms with Crippen molar-refractivity contribution in [2.45, 2.75) is 183 Å². The average Bonchev–Trinajstić information content (AvgIpc) is 4.00. The number of nitrogens with zero attached hydrogens (tertiary/aromatic N) is 4. The molecule has 7 atom stereocenters. The maximum absolute atomic E-state index is 14.4. The number of hydrogen-bond acceptors (Lipinski definition) is 8. The summed E-state index contributed by atoms with van der Waals surface area (Å²) in [6, 6.07) is 5.79. The van der Waals surface area contributed by atoms with Crippen molar-refractivity contribution in [3.8, 4) is 0 Å². The summed E-state index contributed by atoms with van der Waals surface area (Å²) in [5.41, 5.74) is 9.10. The minimum atomic E-state index is -1.25. The maximum atomic E-state index is 14.4. The molecule has 352 valence electrons. The number of carbonyl (C=O) groups excluding carboxylic acids is 4. The molecule has 3 aromatic rings. The zero-order valence-electron chi connectivity index (χ0n) is 42.1. The van der Waals surface area contributed by atoms with Crippen LogP contribution in [0.4, 0.5) is 0 Å². The summed E-state index contributed by atoms with van der Waals surface area (Å²) in [4.78, 5) is 75.0. The zero-order chi connectivity index (χ0) is 47.3. The molecular weight excluding hydrogens is 837 g/mol. The first-order chi connectivity index (χ1) is 30.9. The Hall–Kier alpha value is -4.09. The molecular formula is C55H74MgN4O6. The minimum absolute atomic E-state index is 0. The van der Waals surface area contributed by atoms with E-state index in [2.05, 4.69) is 48.5 Å². The summed E-state index contributed by atoms with van der Waals surface area (Å²) < 4.78 is 11.0. The van der Waals surface area contributed by atoms with Crippen molar-refractivity contribution in [2.75, 3.05) is 13.7 Å². The summed E-state index contributed by atoms with van der Waals surface area (Å²) in [6.45, 7) is 23.3. The molecule has 3 aliphatic rings. The number of Topliss-reactive ketones (excluding diaryl/α,β-unsaturated/α-hetero) is 2. The third-order valence-electron chi connectivity index (χ3n) is 14.8. The molecule has 3 aromatic heterocycles. The number of aryl methyl sites for hydroxylation is 2. The van der Waals surface area contributed by atoms with Crippen LogP contribution >= 0.6 is 0 Å². The molecule has 5 heterocycles. The molecule has 10 nitrogen and oxygen atoms in total. The zero-order valence-corrected chi connectivity index (χ0v) is 43.5. The predicted octanol–water partition coefficient (Wildman–Crippen LogP) is 12.4. The first kappa shape index (κ1) is 52.9. The van der Waals surface area contributed by atoms with E-state index in [0.29, 0.717) is 68.0 Å². The number of aromatic nitrogens is 4. The molecule has 8 bridgehead atoms. The van der Waals surface area contributed by atoms with E-state index >= 15 is 0 Å². The Labute approximate surface area is 409 Å². The topological polar surface area (TPSA) is 141 Å². The van der Waals surface area contributed by atoms with Gasteiger partial charge in [0.1, 0.15) is 12.5 Å². The van der Waals surface area contributed by atoms with E-state index in [1.807, 2.05) is 45.0 Å². The van der Waals surface area contributed by atoms with Crippen LogP contribution in [0.25, 0.3) is 22.1 Å². The largest absolute Gasteiger partial charge is 2.00 e. The molecule has 1 aliphatic carbocycles. The van der Waals surface area contributed by atoms with Crippen LogP contribution in [0, 0.1) is 31.6 Å². The number of allylic oxidation sites excluding steroid dienone is 1. The number of ether oxygens (including phenoxy) is 2. The second-order valence-corrected chi connectivity index (χ2v) is 20.2. The normalized spacial score (nSPS) is 20.0. The molecule has 0 spiro atoms. The molecule has 0 N–H and O–H groups in total. The fraction of sp³-hybridized carbons (Fsp3) is 0.600. The number of hydrogen-bond donors (Lipinski definition) is 0. The van der Waals surface area contributed by atoms with Crippen LogP contribution in [0.3, 0.4) is 0 Å². The number of ketones is 2. The Morgan fingerprint density at radius 2 is 1.36 bits per heavy atom. The van der Waals surface area contributed by atoms with Gasteiger partial charge in [-0.25, -0.2) is 0 Å². The van der Waals surface area contributed by atoms with E-state index in [0.717, 1.165) is 48.0 Å². The molecule has 0 fully saturated rings. The fourth-order valence-corrected chi connectivity index (χ4v) is 10.6. The summed E-state index contributed by atoms with van der Waals surface area (Å²) in [5, 5.41) is 0. The van der Waals surface area contributed by atoms with Gasteiger partial charge >= 0.3 is 35.0 Å². The van der Waals surface area contributed by atoms with Gasteiger partial charge in [0.2, 0.25) is 0 Å². The van der Waals surface area contributed by atoms with Gasteiger partial charge in [-0.1, -0.05) is 128 Å². The molecule has 0 saturated carbocycles. The van der Waals surface area contributed by atoms with Gasteiger partial charge in [0.25, 0.3) is 0 Å². The molecule has 6 rings (SSSR count). The van der Waals surface area contributed by atoms with Crippen LogP contribution < -0.4 is 9.97 Å². The van der Waals surface area contributed by atoms with Crippen LogP contribution in [0.15, 0.2) is 29.8 Å². The van der Waals surface area contributed by atoms with Gasteiger partial charge in [0, 0.05) is 64.0 Å². The Morgan fingerprint density at radius 1 is 0.773 bits per heavy atom. The smallest absolute Gasteiger partial charge is 0.657 e. The number of carbonyl (C=O) groups is 4. The Balaban J connectivity index is 0.00000817. The van der Waals surface area contributed by atoms with E-state index in [1.54, 1.807) is 6.92 Å². The van der Waals surface area contributed by atoms with Crippen LogP contribution in [0.5, 0.6) is 0 Å². The Kier molecular flexibility index (Phi) is 18.6. The summed E-state index contributed by atoms with van der Waals surface area (Å²) in [5.74, 6) is -0.869. The second kappa shape index (κ2) is 23.3. The standard InChI is InChI=1S/C55H75N4O6.Mg/c1-13-39-34(7)41-29-46-48(38(11)60)36(9)43(57-46)27-42-35(8)40(52(58-42)50-51(55(63)64-12)54(62)49-37(10)44(59-53(49)50)28-45(39)56-41)23-24-47(61)65-26-25-33(6)22-16-21-32(5)20-15-19-31(4)18-14-17-30(2)3;/h25,27-32,34-35,39-40,51H,13-24,26H2,1-12H3,(H-,56,57,58,59,60,62);/q-1;+2/p-1/b33-25+;/t31-,32-,34-,35+,39-,40?,51-;/m1./s1. The quantitative estimate of drug-likeness (QED) is 0.0354. The molecule has 2 aliphatic heterocycles. The van der Waals surface area contributed by atoms with Crippen molar-refractivity contribution in [3.05, 3.63) is 80.4 Å². The van der Waals surface area contributed by atoms with Crippen LogP contribution in [-0.2, 0) is 19.1 Å². The second-order valence-electron chi connectivity index (χ2n) is 20.2. The summed E-state index contributed by atoms with van der Waals surface area (Å²) >= 11 is 0. The molecule has 1 unspecified atom stereocenters. The van der Waals surface area contributed by atoms with Gasteiger partial charge in [-0.15, -0.1) is 22.1 Å². The first-order valence-electron chi connectivity index (χ1n) is 24.6.